The lowest BCUT2D eigenvalue weighted by Gasteiger charge is -2.12. The molecule has 0 aliphatic heterocycles. The predicted molar refractivity (Wildman–Crippen MR) is 128 cm³/mol. The van der Waals surface area contributed by atoms with Gasteiger partial charge >= 0.3 is 0 Å². The van der Waals surface area contributed by atoms with Crippen LogP contribution >= 0.6 is 12.2 Å². The van der Waals surface area contributed by atoms with E-state index in [-0.39, 0.29) is 5.91 Å². The molecule has 3 N–H and O–H groups in total. The molecule has 0 radical (unpaired) electrons. The maximum Gasteiger partial charge on any atom is 0.255 e. The molecule has 0 bridgehead atoms. The number of aryl methyl sites for hydroxylation is 1. The monoisotopic (exact) mass is 419 g/mol. The fourth-order valence-corrected chi connectivity index (χ4v) is 3.06. The summed E-state index contributed by atoms with van der Waals surface area (Å²) in [5.41, 5.74) is 4.28. The minimum Gasteiger partial charge on any atom is -0.494 e. The number of hydrogen-bond donors (Lipinski definition) is 3. The summed E-state index contributed by atoms with van der Waals surface area (Å²) in [5, 5.41) is 9.65. The molecule has 3 rings (SSSR count). The van der Waals surface area contributed by atoms with E-state index in [1.165, 1.54) is 5.56 Å². The number of amides is 1. The van der Waals surface area contributed by atoms with Crippen LogP contribution in [0, 0.1) is 0 Å². The number of benzene rings is 3. The third-order valence-electron chi connectivity index (χ3n) is 4.45. The molecule has 5 nitrogen and oxygen atoms in total. The van der Waals surface area contributed by atoms with Crippen LogP contribution in [0.1, 0.15) is 29.8 Å². The van der Waals surface area contributed by atoms with Gasteiger partial charge in [0, 0.05) is 22.6 Å². The highest BCUT2D eigenvalue weighted by Gasteiger charge is 2.07. The van der Waals surface area contributed by atoms with Crippen molar-refractivity contribution in [1.82, 2.24) is 0 Å². The molecule has 3 aromatic rings. The first-order chi connectivity index (χ1) is 14.6. The molecule has 3 aromatic carbocycles. The van der Waals surface area contributed by atoms with Crippen LogP contribution in [0.25, 0.3) is 0 Å². The standard InChI is InChI=1S/C24H25N3O2S/c1-3-17-5-9-20(10-6-17)26-24(30)27-21-11-7-18(8-12-21)23(28)25-19-13-15-22(16-14-19)29-4-2/h5-16H,3-4H2,1-2H3,(H,25,28)(H2,26,27,30). The maximum absolute atomic E-state index is 12.5. The summed E-state index contributed by atoms with van der Waals surface area (Å²) in [6.45, 7) is 4.66. The number of carbonyl (C=O) groups is 1. The van der Waals surface area contributed by atoms with E-state index in [9.17, 15) is 4.79 Å². The number of carbonyl (C=O) groups excluding carboxylic acids is 1. The van der Waals surface area contributed by atoms with E-state index in [0.29, 0.717) is 23.0 Å². The molecule has 6 heteroatoms. The highest BCUT2D eigenvalue weighted by molar-refractivity contribution is 7.80. The van der Waals surface area contributed by atoms with E-state index in [2.05, 4.69) is 35.0 Å². The maximum atomic E-state index is 12.5. The van der Waals surface area contributed by atoms with Crippen molar-refractivity contribution in [2.45, 2.75) is 20.3 Å². The highest BCUT2D eigenvalue weighted by atomic mass is 32.1. The molecule has 30 heavy (non-hydrogen) atoms. The van der Waals surface area contributed by atoms with Gasteiger partial charge < -0.3 is 20.7 Å². The Morgan fingerprint density at radius 1 is 0.767 bits per heavy atom. The first kappa shape index (κ1) is 21.3. The van der Waals surface area contributed by atoms with E-state index in [1.807, 2.05) is 55.5 Å². The highest BCUT2D eigenvalue weighted by Crippen LogP contribution is 2.17. The number of ether oxygens (including phenoxy) is 1. The number of rotatable bonds is 7. The van der Waals surface area contributed by atoms with Crippen molar-refractivity contribution in [3.05, 3.63) is 83.9 Å². The van der Waals surface area contributed by atoms with Crippen molar-refractivity contribution in [3.63, 3.8) is 0 Å². The second-order valence-electron chi connectivity index (χ2n) is 6.62. The molecule has 0 heterocycles. The normalized spacial score (nSPS) is 10.2. The summed E-state index contributed by atoms with van der Waals surface area (Å²) in [7, 11) is 0. The van der Waals surface area contributed by atoms with Gasteiger partial charge in [0.2, 0.25) is 0 Å². The van der Waals surface area contributed by atoms with Gasteiger partial charge in [-0.15, -0.1) is 0 Å². The number of thiocarbonyl (C=S) groups is 1. The van der Waals surface area contributed by atoms with E-state index in [4.69, 9.17) is 17.0 Å². The third-order valence-corrected chi connectivity index (χ3v) is 4.65. The van der Waals surface area contributed by atoms with Gasteiger partial charge in [-0.25, -0.2) is 0 Å². The summed E-state index contributed by atoms with van der Waals surface area (Å²) in [5.74, 6) is 0.597. The molecule has 0 spiro atoms. The van der Waals surface area contributed by atoms with Crippen LogP contribution in [0.3, 0.4) is 0 Å². The quantitative estimate of drug-likeness (QED) is 0.428. The second kappa shape index (κ2) is 10.4. The third kappa shape index (κ3) is 6.06. The first-order valence-corrected chi connectivity index (χ1v) is 10.3. The molecule has 1 amide bonds. The zero-order valence-electron chi connectivity index (χ0n) is 17.1. The fourth-order valence-electron chi connectivity index (χ4n) is 2.83. The van der Waals surface area contributed by atoms with E-state index < -0.39 is 0 Å². The molecular formula is C24H25N3O2S. The summed E-state index contributed by atoms with van der Waals surface area (Å²) < 4.78 is 5.41. The lowest BCUT2D eigenvalue weighted by Crippen LogP contribution is -2.19. The minimum absolute atomic E-state index is 0.178. The van der Waals surface area contributed by atoms with Crippen LogP contribution in [0.4, 0.5) is 17.1 Å². The second-order valence-corrected chi connectivity index (χ2v) is 7.03. The van der Waals surface area contributed by atoms with Crippen LogP contribution in [0.15, 0.2) is 72.8 Å². The Labute approximate surface area is 182 Å². The van der Waals surface area contributed by atoms with Crippen molar-refractivity contribution in [2.75, 3.05) is 22.6 Å². The van der Waals surface area contributed by atoms with Gasteiger partial charge in [0.25, 0.3) is 5.91 Å². The average Bonchev–Trinajstić information content (AvgIpc) is 2.76. The number of nitrogens with one attached hydrogen (secondary N) is 3. The lowest BCUT2D eigenvalue weighted by atomic mass is 10.1. The van der Waals surface area contributed by atoms with Crippen LogP contribution < -0.4 is 20.7 Å². The Bertz CT molecular complexity index is 984. The molecule has 0 aromatic heterocycles. The molecule has 0 saturated heterocycles. The molecule has 0 unspecified atom stereocenters. The predicted octanol–water partition coefficient (Wildman–Crippen LogP) is 5.71. The van der Waals surface area contributed by atoms with Crippen molar-refractivity contribution >= 4 is 40.3 Å². The summed E-state index contributed by atoms with van der Waals surface area (Å²) in [6.07, 6.45) is 1.00. The smallest absolute Gasteiger partial charge is 0.255 e. The van der Waals surface area contributed by atoms with E-state index in [0.717, 1.165) is 23.5 Å². The van der Waals surface area contributed by atoms with Gasteiger partial charge in [-0.3, -0.25) is 4.79 Å². The number of hydrogen-bond acceptors (Lipinski definition) is 3. The molecule has 154 valence electrons. The van der Waals surface area contributed by atoms with Crippen molar-refractivity contribution in [2.24, 2.45) is 0 Å². The topological polar surface area (TPSA) is 62.4 Å². The Morgan fingerprint density at radius 3 is 1.80 bits per heavy atom. The Hall–Kier alpha value is -3.38. The molecule has 0 atom stereocenters. The summed E-state index contributed by atoms with van der Waals surface area (Å²) >= 11 is 5.37. The molecule has 0 saturated carbocycles. The minimum atomic E-state index is -0.178. The van der Waals surface area contributed by atoms with Gasteiger partial charge in [0.15, 0.2) is 5.11 Å². The van der Waals surface area contributed by atoms with Gasteiger partial charge in [-0.05, 0) is 91.8 Å². The molecule has 0 aliphatic carbocycles. The van der Waals surface area contributed by atoms with Crippen LogP contribution in [-0.2, 0) is 6.42 Å². The average molecular weight is 420 g/mol. The Balaban J connectivity index is 1.54. The Kier molecular flexibility index (Phi) is 7.40. The van der Waals surface area contributed by atoms with Crippen LogP contribution in [0.5, 0.6) is 5.75 Å². The van der Waals surface area contributed by atoms with Gasteiger partial charge in [0.1, 0.15) is 5.75 Å². The summed E-state index contributed by atoms with van der Waals surface area (Å²) in [6, 6.07) is 22.6. The molecular weight excluding hydrogens is 394 g/mol. The van der Waals surface area contributed by atoms with Gasteiger partial charge in [-0.2, -0.15) is 0 Å². The van der Waals surface area contributed by atoms with Crippen LogP contribution in [0.2, 0.25) is 0 Å². The van der Waals surface area contributed by atoms with Crippen molar-refractivity contribution in [1.29, 1.82) is 0 Å². The molecule has 0 fully saturated rings. The summed E-state index contributed by atoms with van der Waals surface area (Å²) in [4.78, 5) is 12.5. The van der Waals surface area contributed by atoms with E-state index >= 15 is 0 Å². The molecule has 0 aliphatic rings. The zero-order chi connectivity index (χ0) is 21.3. The zero-order valence-corrected chi connectivity index (χ0v) is 17.9. The van der Waals surface area contributed by atoms with Crippen LogP contribution in [-0.4, -0.2) is 17.6 Å². The van der Waals surface area contributed by atoms with Crippen molar-refractivity contribution in [3.8, 4) is 5.75 Å². The largest absolute Gasteiger partial charge is 0.494 e. The fraction of sp³-hybridized carbons (Fsp3) is 0.167. The Morgan fingerprint density at radius 2 is 1.27 bits per heavy atom. The first-order valence-electron chi connectivity index (χ1n) is 9.88. The lowest BCUT2D eigenvalue weighted by molar-refractivity contribution is 0.102. The number of anilines is 3. The van der Waals surface area contributed by atoms with Gasteiger partial charge in [-0.1, -0.05) is 19.1 Å². The van der Waals surface area contributed by atoms with Crippen molar-refractivity contribution < 1.29 is 9.53 Å². The van der Waals surface area contributed by atoms with Gasteiger partial charge in [0.05, 0.1) is 6.61 Å². The SMILES string of the molecule is CCOc1ccc(NC(=O)c2ccc(NC(=S)Nc3ccc(CC)cc3)cc2)cc1. The van der Waals surface area contributed by atoms with E-state index in [1.54, 1.807) is 12.1 Å².